The Hall–Kier alpha value is -4.20. The first-order valence-electron chi connectivity index (χ1n) is 9.28. The minimum absolute atomic E-state index is 0.253. The van der Waals surface area contributed by atoms with Crippen molar-refractivity contribution in [3.05, 3.63) is 89.5 Å². The van der Waals surface area contributed by atoms with Crippen LogP contribution in [0.1, 0.15) is 21.5 Å². The fraction of sp³-hybridized carbons (Fsp3) is 0.0909. The van der Waals surface area contributed by atoms with E-state index in [-0.39, 0.29) is 11.6 Å². The highest BCUT2D eigenvalue weighted by atomic mass is 16.5. The van der Waals surface area contributed by atoms with Crippen molar-refractivity contribution < 1.29 is 14.6 Å². The quantitative estimate of drug-likeness (QED) is 0.481. The van der Waals surface area contributed by atoms with E-state index in [1.54, 1.807) is 18.2 Å². The number of hydrogen-bond acceptors (Lipinski definition) is 6. The van der Waals surface area contributed by atoms with Crippen LogP contribution in [0.2, 0.25) is 0 Å². The molecular formula is C22H19N5O3. The van der Waals surface area contributed by atoms with Crippen LogP contribution in [0.3, 0.4) is 0 Å². The van der Waals surface area contributed by atoms with Crippen LogP contribution >= 0.6 is 0 Å². The number of aromatic carboxylic acids is 1. The third-order valence-corrected chi connectivity index (χ3v) is 4.54. The SMILES string of the molecule is Cc1ccc(C(=O)O)cc1NCc1ccc(Oc2nnnn2-c2ccccc2)cc1. The first kappa shape index (κ1) is 19.1. The van der Waals surface area contributed by atoms with Gasteiger partial charge in [-0.2, -0.15) is 4.68 Å². The standard InChI is InChI=1S/C22H19N5O3/c1-15-7-10-17(21(28)29)13-20(15)23-14-16-8-11-19(12-9-16)30-22-24-25-26-27(22)18-5-3-2-4-6-18/h2-13,23H,14H2,1H3,(H,28,29). The molecule has 0 aliphatic heterocycles. The highest BCUT2D eigenvalue weighted by Gasteiger charge is 2.11. The molecular weight excluding hydrogens is 382 g/mol. The Morgan fingerprint density at radius 3 is 2.57 bits per heavy atom. The lowest BCUT2D eigenvalue weighted by atomic mass is 10.1. The van der Waals surface area contributed by atoms with Gasteiger partial charge in [-0.25, -0.2) is 4.79 Å². The largest absolute Gasteiger partial charge is 0.478 e. The molecule has 0 saturated heterocycles. The predicted octanol–water partition coefficient (Wildman–Crippen LogP) is 4.07. The summed E-state index contributed by atoms with van der Waals surface area (Å²) < 4.78 is 7.35. The van der Waals surface area contributed by atoms with E-state index in [2.05, 4.69) is 20.8 Å². The molecule has 3 aromatic carbocycles. The second-order valence-corrected chi connectivity index (χ2v) is 6.64. The van der Waals surface area contributed by atoms with Crippen molar-refractivity contribution in [1.82, 2.24) is 20.2 Å². The Morgan fingerprint density at radius 2 is 1.83 bits per heavy atom. The maximum atomic E-state index is 11.2. The summed E-state index contributed by atoms with van der Waals surface area (Å²) in [7, 11) is 0. The van der Waals surface area contributed by atoms with Gasteiger partial charge in [-0.3, -0.25) is 0 Å². The molecule has 4 aromatic rings. The molecule has 0 atom stereocenters. The van der Waals surface area contributed by atoms with E-state index < -0.39 is 5.97 Å². The summed E-state index contributed by atoms with van der Waals surface area (Å²) >= 11 is 0. The summed E-state index contributed by atoms with van der Waals surface area (Å²) in [5.41, 5.74) is 3.84. The van der Waals surface area contributed by atoms with Gasteiger partial charge in [0.05, 0.1) is 11.3 Å². The normalized spacial score (nSPS) is 10.6. The number of anilines is 1. The van der Waals surface area contributed by atoms with Crippen molar-refractivity contribution in [2.45, 2.75) is 13.5 Å². The van der Waals surface area contributed by atoms with Crippen LogP contribution in [-0.4, -0.2) is 31.3 Å². The highest BCUT2D eigenvalue weighted by Crippen LogP contribution is 2.22. The van der Waals surface area contributed by atoms with E-state index in [0.29, 0.717) is 12.3 Å². The number of ether oxygens (including phenoxy) is 1. The van der Waals surface area contributed by atoms with E-state index >= 15 is 0 Å². The summed E-state index contributed by atoms with van der Waals surface area (Å²) in [5, 5.41) is 24.0. The van der Waals surface area contributed by atoms with Gasteiger partial charge >= 0.3 is 12.0 Å². The van der Waals surface area contributed by atoms with Crippen LogP contribution in [0.15, 0.2) is 72.8 Å². The van der Waals surface area contributed by atoms with Gasteiger partial charge in [-0.1, -0.05) is 41.5 Å². The zero-order valence-electron chi connectivity index (χ0n) is 16.2. The number of benzene rings is 3. The number of nitrogens with zero attached hydrogens (tertiary/aromatic N) is 4. The van der Waals surface area contributed by atoms with Crippen LogP contribution in [0, 0.1) is 6.92 Å². The van der Waals surface area contributed by atoms with Gasteiger partial charge in [0.1, 0.15) is 5.75 Å². The molecule has 0 fully saturated rings. The molecule has 0 bridgehead atoms. The lowest BCUT2D eigenvalue weighted by molar-refractivity contribution is 0.0697. The fourth-order valence-electron chi connectivity index (χ4n) is 2.90. The molecule has 0 aliphatic rings. The van der Waals surface area contributed by atoms with Gasteiger partial charge in [0.2, 0.25) is 0 Å². The van der Waals surface area contributed by atoms with E-state index in [1.807, 2.05) is 61.5 Å². The van der Waals surface area contributed by atoms with Gasteiger partial charge in [-0.05, 0) is 64.9 Å². The second-order valence-electron chi connectivity index (χ2n) is 6.64. The fourth-order valence-corrected chi connectivity index (χ4v) is 2.90. The number of rotatable bonds is 7. The number of aryl methyl sites for hydroxylation is 1. The Bertz CT molecular complexity index is 1160. The number of aromatic nitrogens is 4. The van der Waals surface area contributed by atoms with Crippen molar-refractivity contribution in [1.29, 1.82) is 0 Å². The molecule has 1 aromatic heterocycles. The molecule has 2 N–H and O–H groups in total. The summed E-state index contributed by atoms with van der Waals surface area (Å²) in [6.45, 7) is 2.48. The predicted molar refractivity (Wildman–Crippen MR) is 111 cm³/mol. The zero-order valence-corrected chi connectivity index (χ0v) is 16.2. The molecule has 150 valence electrons. The maximum absolute atomic E-state index is 11.2. The molecule has 8 nitrogen and oxygen atoms in total. The maximum Gasteiger partial charge on any atom is 0.345 e. The molecule has 1 heterocycles. The molecule has 0 unspecified atom stereocenters. The van der Waals surface area contributed by atoms with Crippen molar-refractivity contribution in [2.24, 2.45) is 0 Å². The number of para-hydroxylation sites is 1. The average Bonchev–Trinajstić information content (AvgIpc) is 3.23. The van der Waals surface area contributed by atoms with Gasteiger partial charge < -0.3 is 15.2 Å². The molecule has 8 heteroatoms. The molecule has 0 saturated carbocycles. The van der Waals surface area contributed by atoms with Crippen molar-refractivity contribution in [3.8, 4) is 17.4 Å². The van der Waals surface area contributed by atoms with E-state index in [1.165, 1.54) is 4.68 Å². The Morgan fingerprint density at radius 1 is 1.07 bits per heavy atom. The van der Waals surface area contributed by atoms with Crippen LogP contribution in [0.5, 0.6) is 11.8 Å². The summed E-state index contributed by atoms with van der Waals surface area (Å²) in [6, 6.07) is 22.3. The molecule has 0 amide bonds. The number of tetrazole rings is 1. The van der Waals surface area contributed by atoms with E-state index in [4.69, 9.17) is 9.84 Å². The molecule has 4 rings (SSSR count). The second kappa shape index (κ2) is 8.44. The van der Waals surface area contributed by atoms with E-state index in [9.17, 15) is 4.79 Å². The first-order valence-corrected chi connectivity index (χ1v) is 9.28. The van der Waals surface area contributed by atoms with Gasteiger partial charge in [0.15, 0.2) is 0 Å². The molecule has 0 radical (unpaired) electrons. The topological polar surface area (TPSA) is 102 Å². The van der Waals surface area contributed by atoms with Crippen molar-refractivity contribution in [3.63, 3.8) is 0 Å². The van der Waals surface area contributed by atoms with Gasteiger partial charge in [-0.15, -0.1) is 0 Å². The monoisotopic (exact) mass is 401 g/mol. The Labute approximate surface area is 172 Å². The van der Waals surface area contributed by atoms with Crippen LogP contribution in [0.25, 0.3) is 5.69 Å². The van der Waals surface area contributed by atoms with E-state index in [0.717, 1.165) is 22.5 Å². The van der Waals surface area contributed by atoms with Crippen LogP contribution < -0.4 is 10.1 Å². The number of carboxylic acid groups (broad SMARTS) is 1. The van der Waals surface area contributed by atoms with Crippen LogP contribution in [0.4, 0.5) is 5.69 Å². The Balaban J connectivity index is 1.43. The summed E-state index contributed by atoms with van der Waals surface area (Å²) in [4.78, 5) is 11.2. The van der Waals surface area contributed by atoms with Gasteiger partial charge in [0.25, 0.3) is 0 Å². The number of carbonyl (C=O) groups is 1. The zero-order chi connectivity index (χ0) is 20.9. The minimum Gasteiger partial charge on any atom is -0.478 e. The third kappa shape index (κ3) is 4.27. The highest BCUT2D eigenvalue weighted by molar-refractivity contribution is 5.89. The number of nitrogens with one attached hydrogen (secondary N) is 1. The Kier molecular flexibility index (Phi) is 5.38. The first-order chi connectivity index (χ1) is 14.6. The van der Waals surface area contributed by atoms with Crippen LogP contribution in [-0.2, 0) is 6.54 Å². The molecule has 30 heavy (non-hydrogen) atoms. The lowest BCUT2D eigenvalue weighted by Crippen LogP contribution is -2.04. The molecule has 0 spiro atoms. The summed E-state index contributed by atoms with van der Waals surface area (Å²) in [5.74, 6) is -0.341. The lowest BCUT2D eigenvalue weighted by Gasteiger charge is -2.11. The smallest absolute Gasteiger partial charge is 0.345 e. The molecule has 0 aliphatic carbocycles. The number of hydrogen-bond donors (Lipinski definition) is 2. The van der Waals surface area contributed by atoms with Crippen molar-refractivity contribution >= 4 is 11.7 Å². The number of carboxylic acids is 1. The minimum atomic E-state index is -0.947. The van der Waals surface area contributed by atoms with Gasteiger partial charge in [0, 0.05) is 12.2 Å². The van der Waals surface area contributed by atoms with Crippen molar-refractivity contribution in [2.75, 3.05) is 5.32 Å². The third-order valence-electron chi connectivity index (χ3n) is 4.54. The summed E-state index contributed by atoms with van der Waals surface area (Å²) in [6.07, 6.45) is 0. The average molecular weight is 401 g/mol.